The van der Waals surface area contributed by atoms with E-state index in [0.717, 1.165) is 12.8 Å². The van der Waals surface area contributed by atoms with E-state index in [0.29, 0.717) is 11.8 Å². The number of halogens is 2. The quantitative estimate of drug-likeness (QED) is 0.0777. The van der Waals surface area contributed by atoms with Gasteiger partial charge in [-0.05, 0) is 72.6 Å². The van der Waals surface area contributed by atoms with Gasteiger partial charge in [0.05, 0.1) is 0 Å². The van der Waals surface area contributed by atoms with Crippen LogP contribution in [0.2, 0.25) is 39.3 Å². The van der Waals surface area contributed by atoms with Crippen LogP contribution in [0.15, 0.2) is 109 Å². The zero-order valence-corrected chi connectivity index (χ0v) is 44.5. The molecule has 1 nitrogen and oxygen atoms in total. The molecular formula is C52H72BCl2NSi2Zr. The van der Waals surface area contributed by atoms with Crippen molar-refractivity contribution in [1.82, 2.24) is 4.14 Å². The first-order valence-electron chi connectivity index (χ1n) is 22.0. The van der Waals surface area contributed by atoms with Crippen LogP contribution < -0.4 is 0 Å². The fourth-order valence-corrected chi connectivity index (χ4v) is 16.0. The molecule has 2 radical (unpaired) electrons. The summed E-state index contributed by atoms with van der Waals surface area (Å²) in [5.74, 6) is 1.40. The van der Waals surface area contributed by atoms with E-state index in [1.807, 2.05) is 0 Å². The molecule has 0 atom stereocenters. The summed E-state index contributed by atoms with van der Waals surface area (Å²) >= 11 is -0.826. The van der Waals surface area contributed by atoms with Crippen LogP contribution >= 0.6 is 17.0 Å². The van der Waals surface area contributed by atoms with Gasteiger partial charge in [-0.15, -0.1) is 69.1 Å². The Morgan fingerprint density at radius 1 is 0.559 bits per heavy atom. The molecule has 0 heterocycles. The van der Waals surface area contributed by atoms with E-state index in [1.54, 1.807) is 0 Å². The molecule has 0 aromatic heterocycles. The van der Waals surface area contributed by atoms with Gasteiger partial charge in [0.15, 0.2) is 7.98 Å². The van der Waals surface area contributed by atoms with Gasteiger partial charge in [0.2, 0.25) is 0 Å². The SMILES string of the molecule is CCCCc1ccccc1-c1cccc2[cH-]c(CC(C)C)cc12.CCCCc1ccccc1-c1cccc2[cH-]c(CC(C)C)cc12.[B]N([Si](C)(C)C)[Si](C)(C)C.[Cl][Zr+2][Cl]. The van der Waals surface area contributed by atoms with E-state index in [9.17, 15) is 0 Å². The van der Waals surface area contributed by atoms with E-state index < -0.39 is 37.3 Å². The summed E-state index contributed by atoms with van der Waals surface area (Å²) in [5.41, 5.74) is 11.5. The predicted octanol–water partition coefficient (Wildman–Crippen LogP) is 17.0. The summed E-state index contributed by atoms with van der Waals surface area (Å²) in [6.07, 6.45) is 9.66. The average Bonchev–Trinajstić information content (AvgIpc) is 3.79. The minimum absolute atomic E-state index is 0.701. The summed E-state index contributed by atoms with van der Waals surface area (Å²) in [4.78, 5) is 0. The van der Waals surface area contributed by atoms with Gasteiger partial charge in [0, 0.05) is 0 Å². The molecule has 6 aromatic rings. The molecule has 59 heavy (non-hydrogen) atoms. The number of rotatable bonds is 14. The minimum atomic E-state index is -1.22. The summed E-state index contributed by atoms with van der Waals surface area (Å²) in [7, 11) is 13.4. The Kier molecular flexibility index (Phi) is 22.0. The van der Waals surface area contributed by atoms with Crippen LogP contribution in [0, 0.1) is 11.8 Å². The summed E-state index contributed by atoms with van der Waals surface area (Å²) in [5, 5.41) is 5.58. The molecule has 7 heteroatoms. The number of hydrogen-bond donors (Lipinski definition) is 0. The van der Waals surface area contributed by atoms with Gasteiger partial charge < -0.3 is 4.14 Å². The molecule has 0 aliphatic heterocycles. The molecule has 0 aliphatic carbocycles. The number of aryl methyl sites for hydroxylation is 2. The van der Waals surface area contributed by atoms with Crippen molar-refractivity contribution < 1.29 is 20.8 Å². The zero-order chi connectivity index (χ0) is 43.8. The van der Waals surface area contributed by atoms with Crippen molar-refractivity contribution in [2.75, 3.05) is 0 Å². The van der Waals surface area contributed by atoms with Crippen molar-refractivity contribution in [3.63, 3.8) is 0 Å². The Balaban J connectivity index is 0.000000245. The third kappa shape index (κ3) is 16.3. The van der Waals surface area contributed by atoms with Crippen LogP contribution in [0.25, 0.3) is 43.8 Å². The Morgan fingerprint density at radius 2 is 0.898 bits per heavy atom. The topological polar surface area (TPSA) is 3.24 Å². The molecule has 0 spiro atoms. The molecule has 0 saturated carbocycles. The molecule has 0 N–H and O–H groups in total. The van der Waals surface area contributed by atoms with Crippen molar-refractivity contribution >= 4 is 63.0 Å². The molecule has 0 amide bonds. The number of unbranched alkanes of at least 4 members (excludes halogenated alkanes) is 2. The molecule has 6 aromatic carbocycles. The predicted molar refractivity (Wildman–Crippen MR) is 270 cm³/mol. The molecule has 0 aliphatic rings. The van der Waals surface area contributed by atoms with Crippen LogP contribution in [0.3, 0.4) is 0 Å². The maximum absolute atomic E-state index is 5.98. The number of benzene rings is 4. The van der Waals surface area contributed by atoms with E-state index in [4.69, 9.17) is 25.0 Å². The van der Waals surface area contributed by atoms with E-state index in [2.05, 4.69) is 194 Å². The van der Waals surface area contributed by atoms with Gasteiger partial charge in [-0.1, -0.05) is 165 Å². The van der Waals surface area contributed by atoms with Gasteiger partial charge in [-0.3, -0.25) is 0 Å². The first kappa shape index (κ1) is 51.4. The van der Waals surface area contributed by atoms with Crippen LogP contribution in [-0.2, 0) is 46.5 Å². The second-order valence-corrected chi connectivity index (χ2v) is 32.7. The summed E-state index contributed by atoms with van der Waals surface area (Å²) in [6.45, 7) is 27.4. The fourth-order valence-electron chi connectivity index (χ4n) is 7.98. The number of hydrogen-bond acceptors (Lipinski definition) is 1. The Labute approximate surface area is 382 Å². The van der Waals surface area contributed by atoms with Crippen molar-refractivity contribution in [2.45, 2.75) is 132 Å². The van der Waals surface area contributed by atoms with Gasteiger partial charge in [0.25, 0.3) is 0 Å². The standard InChI is InChI=1S/2C23H27.C6H18BNSi2.2ClH.Zr/c2*1-4-5-9-19-10-6-7-12-21(19)22-13-8-11-20-15-18(14-17(2)3)16-23(20)22;1-9(2,3)8(7)10(4,5)6;;;/h2*6-8,10-13,15-17H,4-5,9,14H2,1-3H3;1-6H3;2*1H;/q2*-1;;;;+4/p-2. The van der Waals surface area contributed by atoms with Crippen LogP contribution in [0.1, 0.15) is 89.5 Å². The van der Waals surface area contributed by atoms with Crippen molar-refractivity contribution in [1.29, 1.82) is 0 Å². The number of fused-ring (bicyclic) bond motifs is 2. The third-order valence-electron chi connectivity index (χ3n) is 10.6. The van der Waals surface area contributed by atoms with Gasteiger partial charge in [0.1, 0.15) is 16.5 Å². The van der Waals surface area contributed by atoms with Gasteiger partial charge in [-0.2, -0.15) is 12.1 Å². The molecule has 0 bridgehead atoms. The fraction of sp³-hybridized carbons (Fsp3) is 0.423. The first-order valence-corrected chi connectivity index (χ1v) is 35.2. The molecule has 314 valence electrons. The van der Waals surface area contributed by atoms with Crippen molar-refractivity contribution in [3.05, 3.63) is 131 Å². The molecule has 6 rings (SSSR count). The molecule has 0 fully saturated rings. The molecule has 0 unspecified atom stereocenters. The monoisotopic (exact) mass is 937 g/mol. The first-order chi connectivity index (χ1) is 27.9. The summed E-state index contributed by atoms with van der Waals surface area (Å²) < 4.78 is 2.15. The van der Waals surface area contributed by atoms with Crippen LogP contribution in [-0.4, -0.2) is 28.6 Å². The van der Waals surface area contributed by atoms with E-state index in [-0.39, 0.29) is 0 Å². The maximum atomic E-state index is 5.98. The zero-order valence-electron chi connectivity index (χ0n) is 38.5. The van der Waals surface area contributed by atoms with Gasteiger partial charge in [-0.25, -0.2) is 0 Å². The van der Waals surface area contributed by atoms with Crippen molar-refractivity contribution in [2.24, 2.45) is 11.8 Å². The Morgan fingerprint density at radius 3 is 1.20 bits per heavy atom. The molecule has 0 saturated heterocycles. The average molecular weight is 940 g/mol. The van der Waals surface area contributed by atoms with E-state index in [1.165, 1.54) is 105 Å². The van der Waals surface area contributed by atoms with Crippen molar-refractivity contribution in [3.8, 4) is 22.3 Å². The van der Waals surface area contributed by atoms with E-state index >= 15 is 0 Å². The van der Waals surface area contributed by atoms with Crippen LogP contribution in [0.4, 0.5) is 0 Å². The number of nitrogens with zero attached hydrogens (tertiary/aromatic N) is 1. The Bertz CT molecular complexity index is 1970. The molecular weight excluding hydrogens is 868 g/mol. The second kappa shape index (κ2) is 25.2. The normalized spacial score (nSPS) is 11.5. The third-order valence-corrected chi connectivity index (χ3v) is 17.5. The summed E-state index contributed by atoms with van der Waals surface area (Å²) in [6, 6.07) is 40.8. The van der Waals surface area contributed by atoms with Crippen LogP contribution in [0.5, 0.6) is 0 Å². The van der Waals surface area contributed by atoms with Gasteiger partial charge >= 0.3 is 37.9 Å². The second-order valence-electron chi connectivity index (χ2n) is 18.8. The Hall–Kier alpha value is -1.98.